The third-order valence-electron chi connectivity index (χ3n) is 4.59. The molecule has 0 saturated heterocycles. The first-order valence-electron chi connectivity index (χ1n) is 8.17. The molecule has 1 aromatic rings. The van der Waals surface area contributed by atoms with Crippen molar-refractivity contribution in [2.24, 2.45) is 11.8 Å². The van der Waals surface area contributed by atoms with Crippen molar-refractivity contribution in [3.63, 3.8) is 0 Å². The second-order valence-corrected chi connectivity index (χ2v) is 7.89. The van der Waals surface area contributed by atoms with E-state index in [1.807, 2.05) is 0 Å². The van der Waals surface area contributed by atoms with Gasteiger partial charge in [0.1, 0.15) is 5.82 Å². The van der Waals surface area contributed by atoms with E-state index in [0.29, 0.717) is 16.3 Å². The van der Waals surface area contributed by atoms with Gasteiger partial charge < -0.3 is 0 Å². The number of hydrogen-bond acceptors (Lipinski definition) is 1. The van der Waals surface area contributed by atoms with E-state index in [0.717, 1.165) is 17.6 Å². The molecule has 0 amide bonds. The molecular weight excluding hydrogens is 303 g/mol. The Bertz CT molecular complexity index is 407. The molecule has 0 spiro atoms. The lowest BCUT2D eigenvalue weighted by Gasteiger charge is -2.25. The first-order chi connectivity index (χ1) is 10.2. The molecule has 0 aliphatic heterocycles. The molecule has 0 unspecified atom stereocenters. The quantitative estimate of drug-likeness (QED) is 0.501. The van der Waals surface area contributed by atoms with Crippen molar-refractivity contribution in [1.29, 1.82) is 0 Å². The summed E-state index contributed by atoms with van der Waals surface area (Å²) < 4.78 is 13.6. The summed E-state index contributed by atoms with van der Waals surface area (Å²) in [5.41, 5.74) is 0.658. The van der Waals surface area contributed by atoms with E-state index >= 15 is 0 Å². The second-order valence-electron chi connectivity index (χ2n) is 6.37. The van der Waals surface area contributed by atoms with Crippen LogP contribution in [0, 0.1) is 17.7 Å². The molecule has 1 fully saturated rings. The van der Waals surface area contributed by atoms with E-state index in [2.05, 4.69) is 6.92 Å². The number of thioether (sulfide) groups is 1. The Balaban J connectivity index is 1.56. The summed E-state index contributed by atoms with van der Waals surface area (Å²) in [6.07, 6.45) is 9.64. The molecule has 0 bridgehead atoms. The van der Waals surface area contributed by atoms with Crippen LogP contribution in [-0.4, -0.2) is 5.75 Å². The van der Waals surface area contributed by atoms with Crippen molar-refractivity contribution >= 4 is 23.4 Å². The molecule has 0 nitrogen and oxygen atoms in total. The molecule has 0 atom stereocenters. The van der Waals surface area contributed by atoms with Crippen LogP contribution in [0.1, 0.15) is 57.4 Å². The summed E-state index contributed by atoms with van der Waals surface area (Å²) in [6, 6.07) is 4.92. The van der Waals surface area contributed by atoms with E-state index in [4.69, 9.17) is 11.6 Å². The minimum Gasteiger partial charge on any atom is -0.207 e. The largest absolute Gasteiger partial charge is 0.207 e. The Labute approximate surface area is 137 Å². The number of unbranched alkanes of at least 4 members (excludes halogenated alkanes) is 1. The number of rotatable bonds is 7. The zero-order valence-corrected chi connectivity index (χ0v) is 14.5. The highest BCUT2D eigenvalue weighted by atomic mass is 35.5. The summed E-state index contributed by atoms with van der Waals surface area (Å²) in [4.78, 5) is 0. The Morgan fingerprint density at radius 3 is 2.67 bits per heavy atom. The normalized spacial score (nSPS) is 22.4. The van der Waals surface area contributed by atoms with Crippen LogP contribution >= 0.6 is 23.4 Å². The molecule has 0 N–H and O–H groups in total. The highest BCUT2D eigenvalue weighted by Crippen LogP contribution is 2.31. The van der Waals surface area contributed by atoms with Gasteiger partial charge in [0.2, 0.25) is 0 Å². The van der Waals surface area contributed by atoms with Crippen molar-refractivity contribution < 1.29 is 4.39 Å². The summed E-state index contributed by atoms with van der Waals surface area (Å²) >= 11 is 7.83. The fourth-order valence-corrected chi connectivity index (χ4v) is 4.46. The molecule has 1 aromatic carbocycles. The third kappa shape index (κ3) is 5.83. The molecule has 1 aliphatic carbocycles. The predicted octanol–water partition coefficient (Wildman–Crippen LogP) is 6.71. The van der Waals surface area contributed by atoms with E-state index < -0.39 is 0 Å². The van der Waals surface area contributed by atoms with Gasteiger partial charge in [-0.2, -0.15) is 11.8 Å². The Morgan fingerprint density at radius 1 is 1.19 bits per heavy atom. The summed E-state index contributed by atoms with van der Waals surface area (Å²) in [7, 11) is 0. The van der Waals surface area contributed by atoms with Gasteiger partial charge in [-0.3, -0.25) is 0 Å². The highest BCUT2D eigenvalue weighted by Gasteiger charge is 2.17. The lowest BCUT2D eigenvalue weighted by Crippen LogP contribution is -2.12. The van der Waals surface area contributed by atoms with Crippen molar-refractivity contribution in [2.45, 2.75) is 57.6 Å². The minimum atomic E-state index is -0.175. The molecule has 0 radical (unpaired) electrons. The van der Waals surface area contributed by atoms with Crippen LogP contribution in [0.3, 0.4) is 0 Å². The minimum absolute atomic E-state index is 0.175. The fraction of sp³-hybridized carbons (Fsp3) is 0.667. The number of benzene rings is 1. The van der Waals surface area contributed by atoms with Crippen LogP contribution < -0.4 is 0 Å². The number of halogens is 2. The van der Waals surface area contributed by atoms with Gasteiger partial charge >= 0.3 is 0 Å². The first-order valence-corrected chi connectivity index (χ1v) is 9.70. The van der Waals surface area contributed by atoms with Gasteiger partial charge in [0, 0.05) is 16.3 Å². The smallest absolute Gasteiger partial charge is 0.128 e. The number of hydrogen-bond donors (Lipinski definition) is 0. The molecular formula is C18H26ClFS. The van der Waals surface area contributed by atoms with Crippen LogP contribution in [0.5, 0.6) is 0 Å². The van der Waals surface area contributed by atoms with Gasteiger partial charge in [-0.15, -0.1) is 0 Å². The molecule has 0 heterocycles. The van der Waals surface area contributed by atoms with Gasteiger partial charge in [-0.1, -0.05) is 63.1 Å². The zero-order valence-electron chi connectivity index (χ0n) is 12.9. The maximum absolute atomic E-state index is 13.6. The first kappa shape index (κ1) is 17.1. The van der Waals surface area contributed by atoms with E-state index in [1.165, 1.54) is 51.0 Å². The standard InChI is InChI=1S/C18H26ClFS/c1-14-8-10-15(11-9-14)5-2-3-12-21-13-16-17(19)6-4-7-18(16)20/h4,6-7,14-15H,2-3,5,8-13H2,1H3. The summed E-state index contributed by atoms with van der Waals surface area (Å²) in [5, 5.41) is 0.554. The fourth-order valence-electron chi connectivity index (χ4n) is 3.10. The van der Waals surface area contributed by atoms with Gasteiger partial charge in [-0.05, 0) is 36.1 Å². The molecule has 3 heteroatoms. The van der Waals surface area contributed by atoms with Crippen molar-refractivity contribution in [3.05, 3.63) is 34.6 Å². The molecule has 118 valence electrons. The van der Waals surface area contributed by atoms with Crippen LogP contribution in [0.15, 0.2) is 18.2 Å². The second kappa shape index (κ2) is 9.05. The Kier molecular flexibility index (Phi) is 7.39. The monoisotopic (exact) mass is 328 g/mol. The zero-order chi connectivity index (χ0) is 15.1. The SMILES string of the molecule is CC1CCC(CCCCSCc2c(F)cccc2Cl)CC1. The van der Waals surface area contributed by atoms with Crippen LogP contribution in [0.2, 0.25) is 5.02 Å². The predicted molar refractivity (Wildman–Crippen MR) is 92.5 cm³/mol. The van der Waals surface area contributed by atoms with E-state index in [-0.39, 0.29) is 5.82 Å². The lowest BCUT2D eigenvalue weighted by atomic mass is 9.81. The van der Waals surface area contributed by atoms with Crippen LogP contribution in [0.25, 0.3) is 0 Å². The van der Waals surface area contributed by atoms with Crippen molar-refractivity contribution in [2.75, 3.05) is 5.75 Å². The van der Waals surface area contributed by atoms with Crippen LogP contribution in [-0.2, 0) is 5.75 Å². The summed E-state index contributed by atoms with van der Waals surface area (Å²) in [5.74, 6) is 3.53. The molecule has 21 heavy (non-hydrogen) atoms. The molecule has 1 saturated carbocycles. The third-order valence-corrected chi connectivity index (χ3v) is 6.02. The summed E-state index contributed by atoms with van der Waals surface area (Å²) in [6.45, 7) is 2.38. The highest BCUT2D eigenvalue weighted by molar-refractivity contribution is 7.98. The van der Waals surface area contributed by atoms with Gasteiger partial charge in [0.15, 0.2) is 0 Å². The average molecular weight is 329 g/mol. The maximum Gasteiger partial charge on any atom is 0.128 e. The topological polar surface area (TPSA) is 0 Å². The molecule has 2 rings (SSSR count). The van der Waals surface area contributed by atoms with Crippen LogP contribution in [0.4, 0.5) is 4.39 Å². The van der Waals surface area contributed by atoms with Crippen molar-refractivity contribution in [3.8, 4) is 0 Å². The average Bonchev–Trinajstić information content (AvgIpc) is 2.47. The maximum atomic E-state index is 13.6. The van der Waals surface area contributed by atoms with Gasteiger partial charge in [-0.25, -0.2) is 4.39 Å². The van der Waals surface area contributed by atoms with Gasteiger partial charge in [0.25, 0.3) is 0 Å². The van der Waals surface area contributed by atoms with E-state index in [1.54, 1.807) is 23.9 Å². The van der Waals surface area contributed by atoms with Gasteiger partial charge in [0.05, 0.1) is 0 Å². The molecule has 0 aromatic heterocycles. The Hall–Kier alpha value is -0.210. The van der Waals surface area contributed by atoms with Crippen molar-refractivity contribution in [1.82, 2.24) is 0 Å². The molecule has 1 aliphatic rings. The lowest BCUT2D eigenvalue weighted by molar-refractivity contribution is 0.273. The van der Waals surface area contributed by atoms with E-state index in [9.17, 15) is 4.39 Å². The Morgan fingerprint density at radius 2 is 1.95 bits per heavy atom.